The molecule has 1 heterocycles. The van der Waals surface area contributed by atoms with E-state index in [2.05, 4.69) is 6.92 Å². The summed E-state index contributed by atoms with van der Waals surface area (Å²) in [5, 5.41) is 0. The molecule has 3 heteroatoms. The van der Waals surface area contributed by atoms with Crippen molar-refractivity contribution in [2.24, 2.45) is 0 Å². The summed E-state index contributed by atoms with van der Waals surface area (Å²) in [5.74, 6) is 1.90. The van der Waals surface area contributed by atoms with Crippen LogP contribution >= 0.6 is 23.1 Å². The predicted molar refractivity (Wildman–Crippen MR) is 61.1 cm³/mol. The van der Waals surface area contributed by atoms with Gasteiger partial charge in [0.25, 0.3) is 0 Å². The van der Waals surface area contributed by atoms with Gasteiger partial charge >= 0.3 is 0 Å². The fraction of sp³-hybridized carbons (Fsp3) is 0.500. The molecule has 0 saturated carbocycles. The Labute approximate surface area is 87.5 Å². The van der Waals surface area contributed by atoms with Crippen molar-refractivity contribution in [1.82, 2.24) is 0 Å². The molecule has 0 N–H and O–H groups in total. The molecule has 72 valence electrons. The molecule has 0 aromatic carbocycles. The lowest BCUT2D eigenvalue weighted by atomic mass is 10.2. The monoisotopic (exact) mass is 214 g/mol. The standard InChI is InChI=1S/C10H14OS2/c1-4-12-6-10(11)9-5-7(2)13-8(9)3/h5H,4,6H2,1-3H3. The van der Waals surface area contributed by atoms with Gasteiger partial charge in [0.1, 0.15) is 0 Å². The Balaban J connectivity index is 2.70. The van der Waals surface area contributed by atoms with Crippen LogP contribution in [0.5, 0.6) is 0 Å². The quantitative estimate of drug-likeness (QED) is 0.715. The summed E-state index contributed by atoms with van der Waals surface area (Å²) in [5.41, 5.74) is 0.920. The summed E-state index contributed by atoms with van der Waals surface area (Å²) >= 11 is 3.39. The van der Waals surface area contributed by atoms with Gasteiger partial charge in [-0.05, 0) is 25.7 Å². The Morgan fingerprint density at radius 1 is 1.54 bits per heavy atom. The number of thiophene rings is 1. The minimum Gasteiger partial charge on any atom is -0.293 e. The number of hydrogen-bond acceptors (Lipinski definition) is 3. The maximum absolute atomic E-state index is 11.6. The average Bonchev–Trinajstić information content (AvgIpc) is 2.41. The lowest BCUT2D eigenvalue weighted by Gasteiger charge is -1.97. The van der Waals surface area contributed by atoms with Gasteiger partial charge in [-0.15, -0.1) is 11.3 Å². The molecule has 0 aliphatic carbocycles. The zero-order chi connectivity index (χ0) is 9.84. The zero-order valence-electron chi connectivity index (χ0n) is 8.22. The molecule has 0 unspecified atom stereocenters. The van der Waals surface area contributed by atoms with Crippen molar-refractivity contribution in [3.63, 3.8) is 0 Å². The van der Waals surface area contributed by atoms with E-state index in [1.165, 1.54) is 4.88 Å². The van der Waals surface area contributed by atoms with Crippen LogP contribution in [-0.4, -0.2) is 17.3 Å². The smallest absolute Gasteiger partial charge is 0.173 e. The number of carbonyl (C=O) groups is 1. The van der Waals surface area contributed by atoms with E-state index in [1.54, 1.807) is 23.1 Å². The first-order valence-electron chi connectivity index (χ1n) is 4.33. The third-order valence-corrected chi connectivity index (χ3v) is 3.62. The van der Waals surface area contributed by atoms with Crippen molar-refractivity contribution < 1.29 is 4.79 Å². The van der Waals surface area contributed by atoms with Gasteiger partial charge in [-0.1, -0.05) is 6.92 Å². The van der Waals surface area contributed by atoms with E-state index < -0.39 is 0 Å². The van der Waals surface area contributed by atoms with Crippen LogP contribution in [0.4, 0.5) is 0 Å². The Morgan fingerprint density at radius 2 is 2.23 bits per heavy atom. The van der Waals surface area contributed by atoms with Crippen LogP contribution in [0.1, 0.15) is 27.0 Å². The molecule has 1 rings (SSSR count). The van der Waals surface area contributed by atoms with E-state index in [0.717, 1.165) is 16.2 Å². The molecule has 0 amide bonds. The molecule has 0 radical (unpaired) electrons. The molecular weight excluding hydrogens is 200 g/mol. The van der Waals surface area contributed by atoms with Crippen molar-refractivity contribution in [3.8, 4) is 0 Å². The van der Waals surface area contributed by atoms with Gasteiger partial charge in [0.15, 0.2) is 5.78 Å². The minimum atomic E-state index is 0.272. The highest BCUT2D eigenvalue weighted by molar-refractivity contribution is 7.99. The number of aryl methyl sites for hydroxylation is 2. The molecule has 0 spiro atoms. The van der Waals surface area contributed by atoms with Crippen molar-refractivity contribution >= 4 is 28.9 Å². The fourth-order valence-corrected chi connectivity index (χ4v) is 2.67. The highest BCUT2D eigenvalue weighted by atomic mass is 32.2. The van der Waals surface area contributed by atoms with E-state index in [9.17, 15) is 4.79 Å². The Hall–Kier alpha value is -0.280. The maximum Gasteiger partial charge on any atom is 0.173 e. The van der Waals surface area contributed by atoms with Crippen molar-refractivity contribution in [1.29, 1.82) is 0 Å². The van der Waals surface area contributed by atoms with Gasteiger partial charge in [-0.25, -0.2) is 0 Å². The lowest BCUT2D eigenvalue weighted by molar-refractivity contribution is 0.102. The van der Waals surface area contributed by atoms with Crippen molar-refractivity contribution in [2.45, 2.75) is 20.8 Å². The summed E-state index contributed by atoms with van der Waals surface area (Å²) in [6, 6.07) is 2.00. The van der Waals surface area contributed by atoms with E-state index in [1.807, 2.05) is 19.9 Å². The highest BCUT2D eigenvalue weighted by Crippen LogP contribution is 2.21. The molecule has 0 aliphatic heterocycles. The molecule has 0 fully saturated rings. The summed E-state index contributed by atoms with van der Waals surface area (Å²) in [4.78, 5) is 14.0. The first kappa shape index (κ1) is 10.8. The second-order valence-electron chi connectivity index (χ2n) is 2.89. The summed E-state index contributed by atoms with van der Waals surface area (Å²) in [6.45, 7) is 6.13. The number of carbonyl (C=O) groups excluding carboxylic acids is 1. The fourth-order valence-electron chi connectivity index (χ4n) is 1.18. The second kappa shape index (κ2) is 4.82. The first-order chi connectivity index (χ1) is 6.15. The van der Waals surface area contributed by atoms with E-state index in [0.29, 0.717) is 5.75 Å². The largest absolute Gasteiger partial charge is 0.293 e. The van der Waals surface area contributed by atoms with Gasteiger partial charge < -0.3 is 0 Å². The van der Waals surface area contributed by atoms with Crippen molar-refractivity contribution in [2.75, 3.05) is 11.5 Å². The van der Waals surface area contributed by atoms with Crippen LogP contribution < -0.4 is 0 Å². The minimum absolute atomic E-state index is 0.272. The molecule has 13 heavy (non-hydrogen) atoms. The van der Waals surface area contributed by atoms with Gasteiger partial charge in [-0.3, -0.25) is 4.79 Å². The van der Waals surface area contributed by atoms with E-state index >= 15 is 0 Å². The second-order valence-corrected chi connectivity index (χ2v) is 5.62. The highest BCUT2D eigenvalue weighted by Gasteiger charge is 2.10. The van der Waals surface area contributed by atoms with Crippen LogP contribution in [0.25, 0.3) is 0 Å². The van der Waals surface area contributed by atoms with Crippen LogP contribution in [0.2, 0.25) is 0 Å². The van der Waals surface area contributed by atoms with Gasteiger partial charge in [0.2, 0.25) is 0 Å². The molecule has 0 saturated heterocycles. The Kier molecular flexibility index (Phi) is 4.00. The van der Waals surface area contributed by atoms with E-state index in [-0.39, 0.29) is 5.78 Å². The summed E-state index contributed by atoms with van der Waals surface area (Å²) in [7, 11) is 0. The predicted octanol–water partition coefficient (Wildman–Crippen LogP) is 3.30. The molecule has 0 atom stereocenters. The lowest BCUT2D eigenvalue weighted by Crippen LogP contribution is -2.02. The first-order valence-corrected chi connectivity index (χ1v) is 6.30. The molecule has 0 aliphatic rings. The van der Waals surface area contributed by atoms with Crippen LogP contribution in [0.15, 0.2) is 6.07 Å². The number of ketones is 1. The van der Waals surface area contributed by atoms with Gasteiger partial charge in [0.05, 0.1) is 5.75 Å². The maximum atomic E-state index is 11.6. The summed E-state index contributed by atoms with van der Waals surface area (Å²) < 4.78 is 0. The number of rotatable bonds is 4. The molecule has 1 aromatic heterocycles. The normalized spacial score (nSPS) is 10.4. The number of Topliss-reactive ketones (excluding diaryl/α,β-unsaturated/α-hetero) is 1. The summed E-state index contributed by atoms with van der Waals surface area (Å²) in [6.07, 6.45) is 0. The Morgan fingerprint density at radius 3 is 2.69 bits per heavy atom. The molecule has 1 nitrogen and oxygen atoms in total. The third-order valence-electron chi connectivity index (χ3n) is 1.78. The van der Waals surface area contributed by atoms with Crippen LogP contribution in [-0.2, 0) is 0 Å². The van der Waals surface area contributed by atoms with E-state index in [4.69, 9.17) is 0 Å². The van der Waals surface area contributed by atoms with Gasteiger partial charge in [0, 0.05) is 15.3 Å². The average molecular weight is 214 g/mol. The number of hydrogen-bond donors (Lipinski definition) is 0. The SMILES string of the molecule is CCSCC(=O)c1cc(C)sc1C. The topological polar surface area (TPSA) is 17.1 Å². The number of thioether (sulfide) groups is 1. The van der Waals surface area contributed by atoms with Gasteiger partial charge in [-0.2, -0.15) is 11.8 Å². The third kappa shape index (κ3) is 2.85. The molecule has 0 bridgehead atoms. The van der Waals surface area contributed by atoms with Crippen LogP contribution in [0.3, 0.4) is 0 Å². The van der Waals surface area contributed by atoms with Crippen LogP contribution in [0, 0.1) is 13.8 Å². The molecular formula is C10H14OS2. The molecule has 1 aromatic rings. The van der Waals surface area contributed by atoms with Crippen molar-refractivity contribution in [3.05, 3.63) is 21.4 Å². The Bertz CT molecular complexity index is 302. The zero-order valence-corrected chi connectivity index (χ0v) is 9.85.